The fraction of sp³-hybridized carbons (Fsp3) is 0.462. The minimum absolute atomic E-state index is 0.310. The van der Waals surface area contributed by atoms with Crippen molar-refractivity contribution >= 4 is 29.0 Å². The predicted molar refractivity (Wildman–Crippen MR) is 80.4 cm³/mol. The van der Waals surface area contributed by atoms with Crippen molar-refractivity contribution < 1.29 is 4.79 Å². The number of carbonyl (C=O) groups is 1. The highest BCUT2D eigenvalue weighted by Crippen LogP contribution is 2.28. The highest BCUT2D eigenvalue weighted by molar-refractivity contribution is 6.29. The molecule has 0 atom stereocenters. The number of imidazole rings is 1. The molecule has 7 nitrogen and oxygen atoms in total. The zero-order chi connectivity index (χ0) is 15.0. The summed E-state index contributed by atoms with van der Waals surface area (Å²) in [6.07, 6.45) is 6.51. The number of hydrogen-bond donors (Lipinski definition) is 2. The first-order valence-corrected chi connectivity index (χ1v) is 7.16. The Kier molecular flexibility index (Phi) is 3.46. The summed E-state index contributed by atoms with van der Waals surface area (Å²) in [5.74, 6) is 0.427. The quantitative estimate of drug-likeness (QED) is 0.858. The number of anilines is 1. The molecule has 0 aromatic carbocycles. The number of aromatic nitrogens is 3. The number of primary amides is 1. The minimum atomic E-state index is -0.638. The Morgan fingerprint density at radius 1 is 1.48 bits per heavy atom. The van der Waals surface area contributed by atoms with E-state index in [1.165, 1.54) is 0 Å². The number of fused-ring (bicyclic) bond motifs is 1. The van der Waals surface area contributed by atoms with Gasteiger partial charge in [-0.15, -0.1) is 0 Å². The average Bonchev–Trinajstić information content (AvgIpc) is 2.94. The van der Waals surface area contributed by atoms with Crippen LogP contribution >= 0.6 is 11.6 Å². The summed E-state index contributed by atoms with van der Waals surface area (Å²) in [7, 11) is 1.77. The van der Waals surface area contributed by atoms with E-state index < -0.39 is 5.54 Å². The first-order chi connectivity index (χ1) is 10.1. The van der Waals surface area contributed by atoms with Gasteiger partial charge in [0, 0.05) is 31.7 Å². The van der Waals surface area contributed by atoms with Gasteiger partial charge >= 0.3 is 0 Å². The molecule has 0 saturated carbocycles. The van der Waals surface area contributed by atoms with Crippen LogP contribution in [0.3, 0.4) is 0 Å². The highest BCUT2D eigenvalue weighted by Gasteiger charge is 2.39. The molecule has 2 aromatic rings. The van der Waals surface area contributed by atoms with E-state index in [2.05, 4.69) is 20.2 Å². The molecule has 112 valence electrons. The van der Waals surface area contributed by atoms with Crippen molar-refractivity contribution in [2.45, 2.75) is 18.4 Å². The van der Waals surface area contributed by atoms with Gasteiger partial charge in [0.05, 0.1) is 0 Å². The lowest BCUT2D eigenvalue weighted by molar-refractivity contribution is -0.125. The van der Waals surface area contributed by atoms with Crippen LogP contribution in [0.2, 0.25) is 5.15 Å². The Balaban J connectivity index is 1.89. The number of likely N-dealkylation sites (N-methyl/N-ethyl adjacent to an activating group) is 1. The highest BCUT2D eigenvalue weighted by atomic mass is 35.5. The van der Waals surface area contributed by atoms with Crippen molar-refractivity contribution in [3.05, 3.63) is 23.7 Å². The molecule has 1 amide bonds. The van der Waals surface area contributed by atoms with Gasteiger partial charge in [-0.2, -0.15) is 0 Å². The molecule has 0 aliphatic carbocycles. The summed E-state index contributed by atoms with van der Waals surface area (Å²) in [5.41, 5.74) is 5.64. The third kappa shape index (κ3) is 2.32. The number of nitrogens with one attached hydrogen (secondary N) is 1. The maximum Gasteiger partial charge on any atom is 0.237 e. The maximum atomic E-state index is 11.7. The normalized spacial score (nSPS) is 18.1. The van der Waals surface area contributed by atoms with Gasteiger partial charge in [0.15, 0.2) is 11.5 Å². The summed E-state index contributed by atoms with van der Waals surface area (Å²) < 4.78 is 1.85. The van der Waals surface area contributed by atoms with Gasteiger partial charge in [-0.25, -0.2) is 9.97 Å². The number of amides is 1. The van der Waals surface area contributed by atoms with Crippen LogP contribution in [0.25, 0.3) is 5.65 Å². The van der Waals surface area contributed by atoms with Gasteiger partial charge in [-0.05, 0) is 19.9 Å². The molecule has 0 unspecified atom stereocenters. The van der Waals surface area contributed by atoms with E-state index in [0.29, 0.717) is 31.1 Å². The SMILES string of the molecule is CNC1(C(N)=O)CCN(c2nc(Cl)cn3ccnc23)CC1. The number of nitrogens with zero attached hydrogens (tertiary/aromatic N) is 4. The lowest BCUT2D eigenvalue weighted by atomic mass is 9.87. The molecular weight excluding hydrogens is 292 g/mol. The van der Waals surface area contributed by atoms with Crippen molar-refractivity contribution in [3.63, 3.8) is 0 Å². The summed E-state index contributed by atoms with van der Waals surface area (Å²) in [6, 6.07) is 0. The predicted octanol–water partition coefficient (Wildman–Crippen LogP) is 0.426. The van der Waals surface area contributed by atoms with Gasteiger partial charge in [0.1, 0.15) is 10.7 Å². The Hall–Kier alpha value is -1.86. The van der Waals surface area contributed by atoms with Gasteiger partial charge in [-0.1, -0.05) is 11.6 Å². The lowest BCUT2D eigenvalue weighted by Crippen LogP contribution is -2.59. The Labute approximate surface area is 127 Å². The number of halogens is 1. The molecular formula is C13H17ClN6O. The molecule has 1 fully saturated rings. The van der Waals surface area contributed by atoms with Crippen LogP contribution in [-0.2, 0) is 4.79 Å². The molecule has 0 spiro atoms. The van der Waals surface area contributed by atoms with Crippen molar-refractivity contribution in [2.75, 3.05) is 25.0 Å². The van der Waals surface area contributed by atoms with Crippen LogP contribution in [0.4, 0.5) is 5.82 Å². The van der Waals surface area contributed by atoms with E-state index in [0.717, 1.165) is 11.5 Å². The zero-order valence-electron chi connectivity index (χ0n) is 11.7. The summed E-state index contributed by atoms with van der Waals surface area (Å²) in [5, 5.41) is 3.48. The average molecular weight is 309 g/mol. The second-order valence-electron chi connectivity index (χ2n) is 5.23. The molecule has 1 aliphatic rings. The van der Waals surface area contributed by atoms with Gasteiger partial charge in [-0.3, -0.25) is 4.79 Å². The molecule has 0 radical (unpaired) electrons. The van der Waals surface area contributed by atoms with Crippen LogP contribution in [0.1, 0.15) is 12.8 Å². The summed E-state index contributed by atoms with van der Waals surface area (Å²) in [4.78, 5) is 22.5. The van der Waals surface area contributed by atoms with Crippen LogP contribution in [0, 0.1) is 0 Å². The van der Waals surface area contributed by atoms with Crippen LogP contribution in [0.15, 0.2) is 18.6 Å². The molecule has 3 heterocycles. The third-order valence-corrected chi connectivity index (χ3v) is 4.38. The zero-order valence-corrected chi connectivity index (χ0v) is 12.5. The van der Waals surface area contributed by atoms with E-state index in [1.54, 1.807) is 19.4 Å². The first kappa shape index (κ1) is 14.1. The standard InChI is InChI=1S/C13H17ClN6O/c1-16-13(12(15)21)2-5-19(6-3-13)11-10-17-4-7-20(10)8-9(14)18-11/h4,7-8,16H,2-3,5-6H2,1H3,(H2,15,21). The number of nitrogens with two attached hydrogens (primary N) is 1. The fourth-order valence-corrected chi connectivity index (χ4v) is 3.00. The van der Waals surface area contributed by atoms with Crippen molar-refractivity contribution in [1.29, 1.82) is 0 Å². The molecule has 21 heavy (non-hydrogen) atoms. The number of hydrogen-bond acceptors (Lipinski definition) is 5. The number of rotatable bonds is 3. The molecule has 2 aromatic heterocycles. The van der Waals surface area contributed by atoms with Gasteiger partial charge < -0.3 is 20.4 Å². The molecule has 1 aliphatic heterocycles. The lowest BCUT2D eigenvalue weighted by Gasteiger charge is -2.39. The molecule has 3 N–H and O–H groups in total. The molecule has 0 bridgehead atoms. The minimum Gasteiger partial charge on any atom is -0.368 e. The van der Waals surface area contributed by atoms with E-state index in [1.807, 2.05) is 10.6 Å². The summed E-state index contributed by atoms with van der Waals surface area (Å²) in [6.45, 7) is 1.33. The third-order valence-electron chi connectivity index (χ3n) is 4.19. The van der Waals surface area contributed by atoms with Crippen molar-refractivity contribution in [2.24, 2.45) is 5.73 Å². The molecule has 3 rings (SSSR count). The molecule has 8 heteroatoms. The first-order valence-electron chi connectivity index (χ1n) is 6.79. The molecule has 1 saturated heterocycles. The smallest absolute Gasteiger partial charge is 0.237 e. The maximum absolute atomic E-state index is 11.7. The van der Waals surface area contributed by atoms with Crippen LogP contribution < -0.4 is 16.0 Å². The Morgan fingerprint density at radius 3 is 2.81 bits per heavy atom. The van der Waals surface area contributed by atoms with Gasteiger partial charge in [0.2, 0.25) is 5.91 Å². The van der Waals surface area contributed by atoms with E-state index in [9.17, 15) is 4.79 Å². The fourth-order valence-electron chi connectivity index (χ4n) is 2.82. The van der Waals surface area contributed by atoms with E-state index in [4.69, 9.17) is 17.3 Å². The number of piperidine rings is 1. The van der Waals surface area contributed by atoms with Crippen LogP contribution in [-0.4, -0.2) is 46.0 Å². The Bertz CT molecular complexity index is 676. The van der Waals surface area contributed by atoms with Crippen molar-refractivity contribution in [3.8, 4) is 0 Å². The monoisotopic (exact) mass is 308 g/mol. The Morgan fingerprint density at radius 2 is 2.19 bits per heavy atom. The van der Waals surface area contributed by atoms with Crippen molar-refractivity contribution in [1.82, 2.24) is 19.7 Å². The van der Waals surface area contributed by atoms with E-state index in [-0.39, 0.29) is 5.91 Å². The van der Waals surface area contributed by atoms with Crippen LogP contribution in [0.5, 0.6) is 0 Å². The largest absolute Gasteiger partial charge is 0.368 e. The van der Waals surface area contributed by atoms with E-state index >= 15 is 0 Å². The topological polar surface area (TPSA) is 88.5 Å². The second kappa shape index (κ2) is 5.16. The second-order valence-corrected chi connectivity index (χ2v) is 5.62. The van der Waals surface area contributed by atoms with Gasteiger partial charge in [0.25, 0.3) is 0 Å². The summed E-state index contributed by atoms with van der Waals surface area (Å²) >= 11 is 6.06. The number of carbonyl (C=O) groups excluding carboxylic acids is 1.